The van der Waals surface area contributed by atoms with Crippen molar-refractivity contribution in [3.05, 3.63) is 29.8 Å². The second-order valence-corrected chi connectivity index (χ2v) is 7.75. The van der Waals surface area contributed by atoms with Crippen molar-refractivity contribution in [3.8, 4) is 0 Å². The summed E-state index contributed by atoms with van der Waals surface area (Å²) in [4.78, 5) is 0.281. The highest BCUT2D eigenvalue weighted by molar-refractivity contribution is 7.91. The first-order valence-corrected chi connectivity index (χ1v) is 7.38. The van der Waals surface area contributed by atoms with E-state index >= 15 is 0 Å². The number of hydrogen-bond donors (Lipinski definition) is 1. The average molecular weight is 254 g/mol. The average Bonchev–Trinajstić information content (AvgIpc) is 2.23. The zero-order valence-electron chi connectivity index (χ0n) is 10.4. The number of fused-ring (bicyclic) bond motifs is 1. The van der Waals surface area contributed by atoms with Gasteiger partial charge in [-0.25, -0.2) is 8.42 Å². The predicted octanol–water partition coefficient (Wildman–Crippen LogP) is 2.10. The van der Waals surface area contributed by atoms with Crippen molar-refractivity contribution >= 4 is 9.84 Å². The molecule has 0 saturated carbocycles. The molecule has 1 aromatic carbocycles. The smallest absolute Gasteiger partial charge is 0.178 e. The van der Waals surface area contributed by atoms with E-state index < -0.39 is 15.4 Å². The molecule has 1 aliphatic heterocycles. The summed E-state index contributed by atoms with van der Waals surface area (Å²) in [5.74, 6) is 0.0117. The topological polar surface area (TPSA) is 54.4 Å². The van der Waals surface area contributed by atoms with E-state index in [9.17, 15) is 13.5 Å². The molecule has 2 rings (SSSR count). The molecule has 0 fully saturated rings. The Morgan fingerprint density at radius 2 is 1.82 bits per heavy atom. The van der Waals surface area contributed by atoms with Crippen molar-refractivity contribution in [2.24, 2.45) is 5.41 Å². The summed E-state index contributed by atoms with van der Waals surface area (Å²) >= 11 is 0. The van der Waals surface area contributed by atoms with Crippen LogP contribution < -0.4 is 0 Å². The Morgan fingerprint density at radius 3 is 2.41 bits per heavy atom. The van der Waals surface area contributed by atoms with Crippen LogP contribution in [0.4, 0.5) is 0 Å². The first-order chi connectivity index (χ1) is 7.68. The molecule has 4 heteroatoms. The fraction of sp³-hybridized carbons (Fsp3) is 0.538. The standard InChI is InChI=1S/C13H18O3S/c1-12(2,3)13(14)8-9-17(15,16)11-7-5-4-6-10(11)13/h4-7,14H,8-9H2,1-3H3. The largest absolute Gasteiger partial charge is 0.385 e. The van der Waals surface area contributed by atoms with Gasteiger partial charge in [-0.15, -0.1) is 0 Å². The van der Waals surface area contributed by atoms with Gasteiger partial charge in [-0.2, -0.15) is 0 Å². The van der Waals surface area contributed by atoms with Crippen LogP contribution in [0.1, 0.15) is 32.8 Å². The number of rotatable bonds is 0. The summed E-state index contributed by atoms with van der Waals surface area (Å²) in [7, 11) is -3.23. The van der Waals surface area contributed by atoms with E-state index in [0.717, 1.165) is 0 Å². The first kappa shape index (κ1) is 12.6. The van der Waals surface area contributed by atoms with E-state index in [0.29, 0.717) is 5.56 Å². The molecule has 0 radical (unpaired) electrons. The van der Waals surface area contributed by atoms with Crippen molar-refractivity contribution in [3.63, 3.8) is 0 Å². The van der Waals surface area contributed by atoms with E-state index in [1.807, 2.05) is 20.8 Å². The Morgan fingerprint density at radius 1 is 1.24 bits per heavy atom. The van der Waals surface area contributed by atoms with Crippen LogP contribution in [0.3, 0.4) is 0 Å². The monoisotopic (exact) mass is 254 g/mol. The number of benzene rings is 1. The fourth-order valence-corrected chi connectivity index (χ4v) is 4.03. The van der Waals surface area contributed by atoms with Gasteiger partial charge < -0.3 is 5.11 Å². The second-order valence-electron chi connectivity index (χ2n) is 5.68. The van der Waals surface area contributed by atoms with Crippen LogP contribution in [0.5, 0.6) is 0 Å². The zero-order chi connectivity index (χ0) is 12.9. The maximum Gasteiger partial charge on any atom is 0.178 e. The lowest BCUT2D eigenvalue weighted by Crippen LogP contribution is -2.45. The van der Waals surface area contributed by atoms with Crippen LogP contribution >= 0.6 is 0 Å². The van der Waals surface area contributed by atoms with Crippen molar-refractivity contribution in [2.75, 3.05) is 5.75 Å². The van der Waals surface area contributed by atoms with E-state index in [2.05, 4.69) is 0 Å². The summed E-state index contributed by atoms with van der Waals surface area (Å²) in [5, 5.41) is 10.8. The van der Waals surface area contributed by atoms with Gasteiger partial charge in [0.1, 0.15) is 0 Å². The lowest BCUT2D eigenvalue weighted by Gasteiger charge is -2.44. The molecule has 0 amide bonds. The summed E-state index contributed by atoms with van der Waals surface area (Å²) in [6.07, 6.45) is 0.260. The number of sulfone groups is 1. The quantitative estimate of drug-likeness (QED) is 0.771. The predicted molar refractivity (Wildman–Crippen MR) is 66.5 cm³/mol. The Bertz CT molecular complexity index is 540. The Hall–Kier alpha value is -0.870. The molecule has 1 aliphatic rings. The third kappa shape index (κ3) is 1.79. The molecular weight excluding hydrogens is 236 g/mol. The third-order valence-electron chi connectivity index (χ3n) is 3.64. The van der Waals surface area contributed by atoms with Crippen molar-refractivity contribution < 1.29 is 13.5 Å². The summed E-state index contributed by atoms with van der Waals surface area (Å²) < 4.78 is 24.0. The van der Waals surface area contributed by atoms with Crippen LogP contribution in [0.15, 0.2) is 29.2 Å². The van der Waals surface area contributed by atoms with Crippen molar-refractivity contribution in [1.82, 2.24) is 0 Å². The van der Waals surface area contributed by atoms with Gasteiger partial charge in [-0.1, -0.05) is 39.0 Å². The zero-order valence-corrected chi connectivity index (χ0v) is 11.2. The van der Waals surface area contributed by atoms with Gasteiger partial charge in [-0.05, 0) is 17.9 Å². The maximum absolute atomic E-state index is 12.0. The molecule has 1 atom stereocenters. The highest BCUT2D eigenvalue weighted by atomic mass is 32.2. The molecule has 94 valence electrons. The molecule has 3 nitrogen and oxygen atoms in total. The Kier molecular flexibility index (Phi) is 2.64. The van der Waals surface area contributed by atoms with E-state index in [1.165, 1.54) is 0 Å². The van der Waals surface area contributed by atoms with Crippen LogP contribution in [-0.4, -0.2) is 19.3 Å². The van der Waals surface area contributed by atoms with Crippen LogP contribution in [0, 0.1) is 5.41 Å². The van der Waals surface area contributed by atoms with Crippen LogP contribution in [0.25, 0.3) is 0 Å². The van der Waals surface area contributed by atoms with Gasteiger partial charge in [0, 0.05) is 5.56 Å². The van der Waals surface area contributed by atoms with Gasteiger partial charge in [-0.3, -0.25) is 0 Å². The molecule has 0 spiro atoms. The van der Waals surface area contributed by atoms with E-state index in [-0.39, 0.29) is 22.5 Å². The van der Waals surface area contributed by atoms with E-state index in [1.54, 1.807) is 24.3 Å². The molecule has 1 heterocycles. The molecule has 1 unspecified atom stereocenters. The minimum atomic E-state index is -3.23. The summed E-state index contributed by atoms with van der Waals surface area (Å²) in [6.45, 7) is 5.80. The highest BCUT2D eigenvalue weighted by Crippen LogP contribution is 2.47. The minimum Gasteiger partial charge on any atom is -0.385 e. The summed E-state index contributed by atoms with van der Waals surface area (Å²) in [6, 6.07) is 6.78. The lowest BCUT2D eigenvalue weighted by molar-refractivity contribution is -0.0707. The molecule has 0 bridgehead atoms. The molecule has 0 aromatic heterocycles. The SMILES string of the molecule is CC(C)(C)C1(O)CCS(=O)(=O)c2ccccc21. The molecule has 0 saturated heterocycles. The minimum absolute atomic E-state index is 0.0117. The van der Waals surface area contributed by atoms with Crippen molar-refractivity contribution in [1.29, 1.82) is 0 Å². The number of hydrogen-bond acceptors (Lipinski definition) is 3. The Balaban J connectivity index is 2.73. The fourth-order valence-electron chi connectivity index (χ4n) is 2.39. The van der Waals surface area contributed by atoms with Gasteiger partial charge in [0.25, 0.3) is 0 Å². The molecule has 0 aliphatic carbocycles. The van der Waals surface area contributed by atoms with Crippen LogP contribution in [0.2, 0.25) is 0 Å². The number of aliphatic hydroxyl groups is 1. The first-order valence-electron chi connectivity index (χ1n) is 5.73. The Labute approximate surface area is 102 Å². The molecule has 1 N–H and O–H groups in total. The molecular formula is C13H18O3S. The second kappa shape index (κ2) is 3.56. The summed E-state index contributed by atoms with van der Waals surface area (Å²) in [5.41, 5.74) is -0.924. The highest BCUT2D eigenvalue weighted by Gasteiger charge is 2.47. The van der Waals surface area contributed by atoms with Gasteiger partial charge in [0.05, 0.1) is 16.2 Å². The lowest BCUT2D eigenvalue weighted by atomic mass is 9.70. The van der Waals surface area contributed by atoms with Gasteiger partial charge in [0.2, 0.25) is 0 Å². The molecule has 1 aromatic rings. The normalized spacial score (nSPS) is 27.5. The van der Waals surface area contributed by atoms with Gasteiger partial charge >= 0.3 is 0 Å². The maximum atomic E-state index is 12.0. The molecule has 17 heavy (non-hydrogen) atoms. The van der Waals surface area contributed by atoms with Crippen LogP contribution in [-0.2, 0) is 15.4 Å². The van der Waals surface area contributed by atoms with Gasteiger partial charge in [0.15, 0.2) is 9.84 Å². The van der Waals surface area contributed by atoms with E-state index in [4.69, 9.17) is 0 Å². The van der Waals surface area contributed by atoms with Crippen molar-refractivity contribution in [2.45, 2.75) is 37.7 Å². The third-order valence-corrected chi connectivity index (χ3v) is 5.41.